The highest BCUT2D eigenvalue weighted by Crippen LogP contribution is 2.33. The maximum absolute atomic E-state index is 12.8. The molecule has 0 unspecified atom stereocenters. The van der Waals surface area contributed by atoms with Crippen molar-refractivity contribution in [1.29, 1.82) is 0 Å². The zero-order chi connectivity index (χ0) is 13.3. The average molecular weight is 251 g/mol. The molecule has 1 aromatic rings. The molecule has 1 fully saturated rings. The summed E-state index contributed by atoms with van der Waals surface area (Å²) in [5.41, 5.74) is 0.835. The Balaban J connectivity index is 2.18. The first kappa shape index (κ1) is 12.5. The number of amides is 1. The summed E-state index contributed by atoms with van der Waals surface area (Å²) < 4.78 is 17.8. The van der Waals surface area contributed by atoms with Crippen molar-refractivity contribution >= 4 is 11.9 Å². The monoisotopic (exact) mass is 251 g/mol. The second-order valence-corrected chi connectivity index (χ2v) is 4.35. The van der Waals surface area contributed by atoms with Gasteiger partial charge in [0.25, 0.3) is 5.91 Å². The first-order valence-electron chi connectivity index (χ1n) is 5.68. The summed E-state index contributed by atoms with van der Waals surface area (Å²) in [4.78, 5) is 24.3. The lowest BCUT2D eigenvalue weighted by molar-refractivity contribution is -0.153. The minimum atomic E-state index is -0.734. The third-order valence-corrected chi connectivity index (χ3v) is 3.09. The van der Waals surface area contributed by atoms with Crippen LogP contribution in [-0.2, 0) is 14.3 Å². The highest BCUT2D eigenvalue weighted by molar-refractivity contribution is 5.85. The zero-order valence-corrected chi connectivity index (χ0v) is 10.2. The minimum absolute atomic E-state index is 0.178. The molecule has 1 saturated heterocycles. The molecule has 5 heteroatoms. The number of carbonyl (C=O) groups excluding carboxylic acids is 2. The van der Waals surface area contributed by atoms with Crippen molar-refractivity contribution in [3.8, 4) is 0 Å². The highest BCUT2D eigenvalue weighted by Gasteiger charge is 2.39. The van der Waals surface area contributed by atoms with Gasteiger partial charge >= 0.3 is 5.97 Å². The van der Waals surface area contributed by atoms with E-state index in [1.54, 1.807) is 19.2 Å². The lowest BCUT2D eigenvalue weighted by atomic mass is 10.0. The number of hydrogen-bond donors (Lipinski definition) is 0. The number of rotatable bonds is 2. The van der Waals surface area contributed by atoms with Crippen molar-refractivity contribution in [1.82, 2.24) is 4.90 Å². The Bertz CT molecular complexity index is 472. The third-order valence-electron chi connectivity index (χ3n) is 3.09. The Morgan fingerprint density at radius 1 is 1.39 bits per heavy atom. The van der Waals surface area contributed by atoms with Gasteiger partial charge in [-0.3, -0.25) is 9.59 Å². The number of halogens is 1. The van der Waals surface area contributed by atoms with Crippen LogP contribution in [0.15, 0.2) is 24.3 Å². The van der Waals surface area contributed by atoms with Gasteiger partial charge in [-0.15, -0.1) is 0 Å². The van der Waals surface area contributed by atoms with Crippen LogP contribution in [0.4, 0.5) is 4.39 Å². The molecule has 0 saturated carbocycles. The van der Waals surface area contributed by atoms with E-state index in [1.165, 1.54) is 24.0 Å². The van der Waals surface area contributed by atoms with Crippen LogP contribution in [0, 0.1) is 5.82 Å². The molecule has 0 spiro atoms. The molecular formula is C13H14FNO3. The van der Waals surface area contributed by atoms with Crippen LogP contribution in [0.5, 0.6) is 0 Å². The first-order chi connectivity index (χ1) is 8.49. The lowest BCUT2D eigenvalue weighted by Gasteiger charge is -2.19. The summed E-state index contributed by atoms with van der Waals surface area (Å²) >= 11 is 0. The molecule has 1 heterocycles. The van der Waals surface area contributed by atoms with E-state index in [1.807, 2.05) is 0 Å². The summed E-state index contributed by atoms with van der Waals surface area (Å²) in [5.74, 6) is -1.01. The van der Waals surface area contributed by atoms with Crippen LogP contribution in [0.25, 0.3) is 0 Å². The number of carbonyl (C=O) groups is 2. The van der Waals surface area contributed by atoms with Crippen LogP contribution < -0.4 is 0 Å². The standard InChI is InChI=1S/C13H14FNO3/c1-8(16)18-12-7-11(15(2)13(12)17)9-3-5-10(14)6-4-9/h3-6,11-12H,7H2,1-2H3/t11-,12-/m1/s1. The second kappa shape index (κ2) is 4.76. The van der Waals surface area contributed by atoms with Gasteiger partial charge in [-0.2, -0.15) is 0 Å². The van der Waals surface area contributed by atoms with Crippen molar-refractivity contribution in [2.24, 2.45) is 0 Å². The van der Waals surface area contributed by atoms with E-state index in [2.05, 4.69) is 0 Å². The van der Waals surface area contributed by atoms with Crippen molar-refractivity contribution in [3.05, 3.63) is 35.6 Å². The number of likely N-dealkylation sites (N-methyl/N-ethyl adjacent to an activating group) is 1. The largest absolute Gasteiger partial charge is 0.452 e. The number of ether oxygens (including phenoxy) is 1. The summed E-state index contributed by atoms with van der Waals surface area (Å²) in [6.07, 6.45) is -0.330. The fraction of sp³-hybridized carbons (Fsp3) is 0.385. The van der Waals surface area contributed by atoms with Gasteiger partial charge in [0.15, 0.2) is 6.10 Å². The Kier molecular flexibility index (Phi) is 3.32. The molecule has 1 aliphatic rings. The predicted molar refractivity (Wildman–Crippen MR) is 62.1 cm³/mol. The van der Waals surface area contributed by atoms with Gasteiger partial charge < -0.3 is 9.64 Å². The molecule has 2 rings (SSSR count). The predicted octanol–water partition coefficient (Wildman–Crippen LogP) is 1.66. The van der Waals surface area contributed by atoms with Gasteiger partial charge in [-0.25, -0.2) is 4.39 Å². The summed E-state index contributed by atoms with van der Waals surface area (Å²) in [5, 5.41) is 0. The molecule has 0 bridgehead atoms. The average Bonchev–Trinajstić information content (AvgIpc) is 2.58. The highest BCUT2D eigenvalue weighted by atomic mass is 19.1. The van der Waals surface area contributed by atoms with E-state index in [9.17, 15) is 14.0 Å². The zero-order valence-electron chi connectivity index (χ0n) is 10.2. The van der Waals surface area contributed by atoms with E-state index in [4.69, 9.17) is 4.74 Å². The molecule has 1 aliphatic heterocycles. The van der Waals surface area contributed by atoms with Crippen molar-refractivity contribution in [2.45, 2.75) is 25.5 Å². The smallest absolute Gasteiger partial charge is 0.303 e. The molecule has 0 N–H and O–H groups in total. The number of esters is 1. The van der Waals surface area contributed by atoms with Crippen LogP contribution in [0.3, 0.4) is 0 Å². The molecule has 1 amide bonds. The fourth-order valence-corrected chi connectivity index (χ4v) is 2.19. The quantitative estimate of drug-likeness (QED) is 0.751. The number of benzene rings is 1. The summed E-state index contributed by atoms with van der Waals surface area (Å²) in [7, 11) is 1.65. The fourth-order valence-electron chi connectivity index (χ4n) is 2.19. The SMILES string of the molecule is CC(=O)O[C@@H]1C[C@H](c2ccc(F)cc2)N(C)C1=O. The van der Waals surface area contributed by atoms with Crippen molar-refractivity contribution < 1.29 is 18.7 Å². The van der Waals surface area contributed by atoms with Gasteiger partial charge in [-0.05, 0) is 17.7 Å². The molecule has 0 radical (unpaired) electrons. The molecular weight excluding hydrogens is 237 g/mol. The summed E-state index contributed by atoms with van der Waals surface area (Å²) in [6, 6.07) is 5.81. The van der Waals surface area contributed by atoms with E-state index in [-0.39, 0.29) is 17.8 Å². The van der Waals surface area contributed by atoms with Gasteiger partial charge in [0.2, 0.25) is 0 Å². The van der Waals surface area contributed by atoms with E-state index in [0.29, 0.717) is 6.42 Å². The lowest BCUT2D eigenvalue weighted by Crippen LogP contribution is -2.29. The molecule has 1 aromatic carbocycles. The van der Waals surface area contributed by atoms with E-state index >= 15 is 0 Å². The Morgan fingerprint density at radius 2 is 2.00 bits per heavy atom. The first-order valence-corrected chi connectivity index (χ1v) is 5.68. The summed E-state index contributed by atoms with van der Waals surface area (Å²) in [6.45, 7) is 1.28. The molecule has 0 aromatic heterocycles. The van der Waals surface area contributed by atoms with Gasteiger partial charge in [0, 0.05) is 20.4 Å². The van der Waals surface area contributed by atoms with Gasteiger partial charge in [0.05, 0.1) is 6.04 Å². The molecule has 4 nitrogen and oxygen atoms in total. The normalized spacial score (nSPS) is 23.3. The number of likely N-dealkylation sites (tertiary alicyclic amines) is 1. The second-order valence-electron chi connectivity index (χ2n) is 4.35. The number of hydrogen-bond acceptors (Lipinski definition) is 3. The van der Waals surface area contributed by atoms with Crippen LogP contribution in [0.1, 0.15) is 24.9 Å². The Hall–Kier alpha value is -1.91. The van der Waals surface area contributed by atoms with Crippen molar-refractivity contribution in [3.63, 3.8) is 0 Å². The van der Waals surface area contributed by atoms with Crippen LogP contribution >= 0.6 is 0 Å². The Morgan fingerprint density at radius 3 is 2.56 bits per heavy atom. The molecule has 2 atom stereocenters. The van der Waals surface area contributed by atoms with E-state index < -0.39 is 12.1 Å². The minimum Gasteiger partial charge on any atom is -0.452 e. The Labute approximate surface area is 104 Å². The van der Waals surface area contributed by atoms with Crippen molar-refractivity contribution in [2.75, 3.05) is 7.05 Å². The number of nitrogens with zero attached hydrogens (tertiary/aromatic N) is 1. The van der Waals surface area contributed by atoms with Crippen LogP contribution in [-0.4, -0.2) is 29.9 Å². The maximum Gasteiger partial charge on any atom is 0.303 e. The van der Waals surface area contributed by atoms with E-state index in [0.717, 1.165) is 5.56 Å². The molecule has 18 heavy (non-hydrogen) atoms. The van der Waals surface area contributed by atoms with Gasteiger partial charge in [-0.1, -0.05) is 12.1 Å². The molecule has 0 aliphatic carbocycles. The van der Waals surface area contributed by atoms with Gasteiger partial charge in [0.1, 0.15) is 5.82 Å². The molecule has 96 valence electrons. The topological polar surface area (TPSA) is 46.6 Å². The maximum atomic E-state index is 12.8. The third kappa shape index (κ3) is 2.34. The van der Waals surface area contributed by atoms with Crippen LogP contribution in [0.2, 0.25) is 0 Å².